The Bertz CT molecular complexity index is 890. The summed E-state index contributed by atoms with van der Waals surface area (Å²) in [5.74, 6) is 1.44. The van der Waals surface area contributed by atoms with Crippen LogP contribution >= 0.6 is 24.8 Å². The highest BCUT2D eigenvalue weighted by molar-refractivity contribution is 6.03. The molecule has 0 atom stereocenters. The number of halogens is 2. The quantitative estimate of drug-likeness (QED) is 0.349. The van der Waals surface area contributed by atoms with Gasteiger partial charge in [0.15, 0.2) is 0 Å². The van der Waals surface area contributed by atoms with Gasteiger partial charge in [-0.2, -0.15) is 0 Å². The molecule has 0 radical (unpaired) electrons. The summed E-state index contributed by atoms with van der Waals surface area (Å²) in [6, 6.07) is 18.6. The van der Waals surface area contributed by atoms with Crippen LogP contribution in [0.1, 0.15) is 18.4 Å². The van der Waals surface area contributed by atoms with Gasteiger partial charge in [-0.05, 0) is 30.5 Å². The standard InChI is InChI=1S/C21H22N4O.2ClH/c22-12-15-26-24-20(16-6-7-16)17-8-10-19(11-9-17)25-14-13-23-21(25)18-4-2-1-3-5-18;;/h1-5,8-11,13-14,16H,6-7,12,15,22H2;2*1H. The predicted molar refractivity (Wildman–Crippen MR) is 118 cm³/mol. The fourth-order valence-electron chi connectivity index (χ4n) is 2.99. The van der Waals surface area contributed by atoms with Crippen molar-refractivity contribution >= 4 is 30.5 Å². The van der Waals surface area contributed by atoms with Crippen molar-refractivity contribution in [1.82, 2.24) is 9.55 Å². The van der Waals surface area contributed by atoms with Gasteiger partial charge in [-0.1, -0.05) is 47.6 Å². The van der Waals surface area contributed by atoms with Gasteiger partial charge in [0.2, 0.25) is 0 Å². The minimum absolute atomic E-state index is 0. The highest BCUT2D eigenvalue weighted by atomic mass is 35.5. The molecule has 0 bridgehead atoms. The average Bonchev–Trinajstić information content (AvgIpc) is 3.41. The minimum atomic E-state index is 0. The highest BCUT2D eigenvalue weighted by Crippen LogP contribution is 2.34. The Kier molecular flexibility index (Phi) is 8.05. The first-order valence-corrected chi connectivity index (χ1v) is 8.96. The van der Waals surface area contributed by atoms with Crippen LogP contribution in [0.3, 0.4) is 0 Å². The average molecular weight is 419 g/mol. The van der Waals surface area contributed by atoms with Gasteiger partial charge in [0.25, 0.3) is 0 Å². The molecule has 7 heteroatoms. The summed E-state index contributed by atoms with van der Waals surface area (Å²) in [6.45, 7) is 0.924. The van der Waals surface area contributed by atoms with E-state index in [4.69, 9.17) is 10.6 Å². The molecule has 4 rings (SSSR count). The van der Waals surface area contributed by atoms with Crippen molar-refractivity contribution in [2.75, 3.05) is 13.2 Å². The Morgan fingerprint density at radius 1 is 1.07 bits per heavy atom. The van der Waals surface area contributed by atoms with Gasteiger partial charge in [0, 0.05) is 36.1 Å². The topological polar surface area (TPSA) is 65.4 Å². The van der Waals surface area contributed by atoms with E-state index in [0.717, 1.165) is 28.4 Å². The Hall–Kier alpha value is -2.34. The summed E-state index contributed by atoms with van der Waals surface area (Å²) in [5.41, 5.74) is 9.78. The molecule has 1 aromatic heterocycles. The number of benzene rings is 2. The lowest BCUT2D eigenvalue weighted by molar-refractivity contribution is 0.151. The third-order valence-corrected chi connectivity index (χ3v) is 4.45. The van der Waals surface area contributed by atoms with Crippen molar-refractivity contribution in [3.05, 3.63) is 72.6 Å². The van der Waals surface area contributed by atoms with Crippen LogP contribution in [-0.4, -0.2) is 28.4 Å². The molecule has 0 saturated heterocycles. The smallest absolute Gasteiger partial charge is 0.144 e. The van der Waals surface area contributed by atoms with E-state index < -0.39 is 0 Å². The van der Waals surface area contributed by atoms with Crippen LogP contribution in [0, 0.1) is 5.92 Å². The molecule has 1 aliphatic rings. The molecule has 1 saturated carbocycles. The third-order valence-electron chi connectivity index (χ3n) is 4.45. The van der Waals surface area contributed by atoms with Crippen LogP contribution in [0.5, 0.6) is 0 Å². The van der Waals surface area contributed by atoms with Crippen LogP contribution in [0.2, 0.25) is 0 Å². The molecule has 0 spiro atoms. The lowest BCUT2D eigenvalue weighted by atomic mass is 10.1. The zero-order valence-electron chi connectivity index (χ0n) is 15.4. The Morgan fingerprint density at radius 2 is 1.79 bits per heavy atom. The van der Waals surface area contributed by atoms with Crippen molar-refractivity contribution in [3.8, 4) is 17.1 Å². The first kappa shape index (κ1) is 22.0. The lowest BCUT2D eigenvalue weighted by Gasteiger charge is -2.10. The van der Waals surface area contributed by atoms with E-state index in [1.165, 1.54) is 12.8 Å². The van der Waals surface area contributed by atoms with Crippen molar-refractivity contribution in [2.45, 2.75) is 12.8 Å². The van der Waals surface area contributed by atoms with E-state index in [9.17, 15) is 0 Å². The SMILES string of the molecule is Cl.Cl.NCCON=C(c1ccc(-n2ccnc2-c2ccccc2)cc1)C1CC1. The van der Waals surface area contributed by atoms with Crippen molar-refractivity contribution in [3.63, 3.8) is 0 Å². The van der Waals surface area contributed by atoms with Gasteiger partial charge in [-0.15, -0.1) is 24.8 Å². The molecule has 3 aromatic rings. The van der Waals surface area contributed by atoms with E-state index in [0.29, 0.717) is 19.1 Å². The van der Waals surface area contributed by atoms with Crippen LogP contribution in [0.25, 0.3) is 17.1 Å². The van der Waals surface area contributed by atoms with Crippen molar-refractivity contribution < 1.29 is 4.84 Å². The summed E-state index contributed by atoms with van der Waals surface area (Å²) in [5, 5.41) is 4.32. The molecule has 2 aromatic carbocycles. The van der Waals surface area contributed by atoms with Gasteiger partial charge in [0.05, 0.1) is 5.71 Å². The number of hydrogen-bond donors (Lipinski definition) is 1. The molecule has 1 aliphatic carbocycles. The van der Waals surface area contributed by atoms with Crippen LogP contribution in [-0.2, 0) is 4.84 Å². The molecular weight excluding hydrogens is 395 g/mol. The van der Waals surface area contributed by atoms with Gasteiger partial charge in [0.1, 0.15) is 12.4 Å². The van der Waals surface area contributed by atoms with Gasteiger partial charge in [-0.3, -0.25) is 4.57 Å². The number of hydrogen-bond acceptors (Lipinski definition) is 4. The molecule has 2 N–H and O–H groups in total. The van der Waals surface area contributed by atoms with E-state index in [1.54, 1.807) is 0 Å². The minimum Gasteiger partial charge on any atom is -0.394 e. The molecule has 5 nitrogen and oxygen atoms in total. The fraction of sp³-hybridized carbons (Fsp3) is 0.238. The zero-order valence-corrected chi connectivity index (χ0v) is 17.0. The molecule has 1 fully saturated rings. The molecule has 1 heterocycles. The summed E-state index contributed by atoms with van der Waals surface area (Å²) in [7, 11) is 0. The van der Waals surface area contributed by atoms with Crippen LogP contribution in [0.4, 0.5) is 0 Å². The molecular formula is C21H24Cl2N4O. The first-order chi connectivity index (χ1) is 12.9. The number of imidazole rings is 1. The monoisotopic (exact) mass is 418 g/mol. The lowest BCUT2D eigenvalue weighted by Crippen LogP contribution is -2.09. The highest BCUT2D eigenvalue weighted by Gasteiger charge is 2.29. The first-order valence-electron chi connectivity index (χ1n) is 8.96. The fourth-order valence-corrected chi connectivity index (χ4v) is 2.99. The maximum atomic E-state index is 5.48. The Morgan fingerprint density at radius 3 is 2.43 bits per heavy atom. The molecule has 0 aliphatic heterocycles. The molecule has 148 valence electrons. The molecule has 0 amide bonds. The third kappa shape index (κ3) is 4.93. The van der Waals surface area contributed by atoms with E-state index in [1.807, 2.05) is 30.6 Å². The van der Waals surface area contributed by atoms with E-state index in [2.05, 4.69) is 51.1 Å². The normalized spacial score (nSPS) is 13.4. The van der Waals surface area contributed by atoms with Gasteiger partial charge in [-0.25, -0.2) is 4.98 Å². The van der Waals surface area contributed by atoms with Gasteiger partial charge < -0.3 is 10.6 Å². The summed E-state index contributed by atoms with van der Waals surface area (Å²) in [4.78, 5) is 9.84. The van der Waals surface area contributed by atoms with Gasteiger partial charge >= 0.3 is 0 Å². The number of aromatic nitrogens is 2. The largest absolute Gasteiger partial charge is 0.394 e. The molecule has 0 unspecified atom stereocenters. The Labute approximate surface area is 177 Å². The second-order valence-corrected chi connectivity index (χ2v) is 6.41. The number of nitrogens with two attached hydrogens (primary N) is 1. The maximum absolute atomic E-state index is 5.48. The number of oxime groups is 1. The second kappa shape index (κ2) is 10.3. The number of nitrogens with zero attached hydrogens (tertiary/aromatic N) is 3. The summed E-state index contributed by atoms with van der Waals surface area (Å²) < 4.78 is 2.10. The maximum Gasteiger partial charge on any atom is 0.144 e. The van der Waals surface area contributed by atoms with E-state index >= 15 is 0 Å². The van der Waals surface area contributed by atoms with Crippen molar-refractivity contribution in [2.24, 2.45) is 16.8 Å². The zero-order chi connectivity index (χ0) is 17.8. The Balaban J connectivity index is 0.00000140. The number of rotatable bonds is 7. The summed E-state index contributed by atoms with van der Waals surface area (Å²) in [6.07, 6.45) is 6.16. The van der Waals surface area contributed by atoms with Crippen LogP contribution in [0.15, 0.2) is 72.1 Å². The summed E-state index contributed by atoms with van der Waals surface area (Å²) >= 11 is 0. The second-order valence-electron chi connectivity index (χ2n) is 6.41. The van der Waals surface area contributed by atoms with Crippen LogP contribution < -0.4 is 5.73 Å². The van der Waals surface area contributed by atoms with E-state index in [-0.39, 0.29) is 24.8 Å². The predicted octanol–water partition coefficient (Wildman–Crippen LogP) is 4.47. The molecule has 28 heavy (non-hydrogen) atoms. The van der Waals surface area contributed by atoms with Crippen molar-refractivity contribution in [1.29, 1.82) is 0 Å².